The summed E-state index contributed by atoms with van der Waals surface area (Å²) in [5, 5.41) is 9.06. The van der Waals surface area contributed by atoms with Crippen LogP contribution in [0.15, 0.2) is 40.9 Å². The van der Waals surface area contributed by atoms with Gasteiger partial charge in [-0.15, -0.1) is 11.6 Å². The van der Waals surface area contributed by atoms with Crippen molar-refractivity contribution in [1.82, 2.24) is 0 Å². The largest absolute Gasteiger partial charge is 0.453 e. The van der Waals surface area contributed by atoms with E-state index in [9.17, 15) is 4.39 Å². The second-order valence-electron chi connectivity index (χ2n) is 3.75. The molecule has 0 aliphatic heterocycles. The summed E-state index contributed by atoms with van der Waals surface area (Å²) in [4.78, 5) is 0. The summed E-state index contributed by atoms with van der Waals surface area (Å²) in [6, 6.07) is 11.4. The van der Waals surface area contributed by atoms with E-state index in [0.29, 0.717) is 21.7 Å². The standard InChI is InChI=1S/C14H8BrClFNO/c15-11-2-4-14(12(17)6-11)19-13-3-1-9(7-16)5-10(13)8-18/h1-6H,7H2. The van der Waals surface area contributed by atoms with Gasteiger partial charge in [-0.1, -0.05) is 22.0 Å². The Labute approximate surface area is 123 Å². The molecule has 2 aromatic carbocycles. The molecule has 0 spiro atoms. The molecular weight excluding hydrogens is 333 g/mol. The Hall–Kier alpha value is -1.57. The molecule has 0 atom stereocenters. The summed E-state index contributed by atoms with van der Waals surface area (Å²) in [7, 11) is 0. The second-order valence-corrected chi connectivity index (χ2v) is 4.94. The molecular formula is C14H8BrClFNO. The van der Waals surface area contributed by atoms with Crippen LogP contribution in [0.5, 0.6) is 11.5 Å². The van der Waals surface area contributed by atoms with Crippen LogP contribution in [0.4, 0.5) is 4.39 Å². The number of ether oxygens (including phenoxy) is 1. The van der Waals surface area contributed by atoms with Crippen LogP contribution >= 0.6 is 27.5 Å². The molecule has 19 heavy (non-hydrogen) atoms. The summed E-state index contributed by atoms with van der Waals surface area (Å²) >= 11 is 8.86. The lowest BCUT2D eigenvalue weighted by molar-refractivity contribution is 0.441. The van der Waals surface area contributed by atoms with E-state index >= 15 is 0 Å². The van der Waals surface area contributed by atoms with Crippen molar-refractivity contribution in [2.24, 2.45) is 0 Å². The van der Waals surface area contributed by atoms with Gasteiger partial charge in [-0.2, -0.15) is 5.26 Å². The maximum absolute atomic E-state index is 13.7. The molecule has 0 unspecified atom stereocenters. The molecule has 0 aliphatic rings. The molecule has 5 heteroatoms. The summed E-state index contributed by atoms with van der Waals surface area (Å²) in [5.74, 6) is 0.178. The molecule has 2 rings (SSSR count). The Bertz CT molecular complexity index is 654. The molecule has 0 saturated carbocycles. The van der Waals surface area contributed by atoms with Gasteiger partial charge in [0.25, 0.3) is 0 Å². The van der Waals surface area contributed by atoms with E-state index in [1.165, 1.54) is 12.1 Å². The van der Waals surface area contributed by atoms with Crippen molar-refractivity contribution in [3.8, 4) is 17.6 Å². The van der Waals surface area contributed by atoms with E-state index in [1.807, 2.05) is 6.07 Å². The topological polar surface area (TPSA) is 33.0 Å². The maximum atomic E-state index is 13.7. The summed E-state index contributed by atoms with van der Waals surface area (Å²) in [5.41, 5.74) is 1.13. The second kappa shape index (κ2) is 6.05. The fourth-order valence-corrected chi connectivity index (χ4v) is 2.01. The average molecular weight is 341 g/mol. The third kappa shape index (κ3) is 3.25. The first-order chi connectivity index (χ1) is 9.13. The van der Waals surface area contributed by atoms with Gasteiger partial charge in [-0.3, -0.25) is 0 Å². The number of nitrogens with zero attached hydrogens (tertiary/aromatic N) is 1. The fourth-order valence-electron chi connectivity index (χ4n) is 1.51. The van der Waals surface area contributed by atoms with Gasteiger partial charge in [0.05, 0.1) is 5.56 Å². The van der Waals surface area contributed by atoms with Crippen LogP contribution < -0.4 is 4.74 Å². The minimum absolute atomic E-state index is 0.0679. The van der Waals surface area contributed by atoms with Gasteiger partial charge in [0, 0.05) is 10.4 Å². The van der Waals surface area contributed by atoms with E-state index in [2.05, 4.69) is 15.9 Å². The predicted molar refractivity (Wildman–Crippen MR) is 74.9 cm³/mol. The molecule has 0 fully saturated rings. The van der Waals surface area contributed by atoms with Gasteiger partial charge < -0.3 is 4.74 Å². The SMILES string of the molecule is N#Cc1cc(CCl)ccc1Oc1ccc(Br)cc1F. The Morgan fingerprint density at radius 1 is 1.21 bits per heavy atom. The summed E-state index contributed by atoms with van der Waals surface area (Å²) < 4.78 is 19.7. The van der Waals surface area contributed by atoms with E-state index in [0.717, 1.165) is 5.56 Å². The summed E-state index contributed by atoms with van der Waals surface area (Å²) in [6.45, 7) is 0. The van der Waals surface area contributed by atoms with Crippen LogP contribution in [0.2, 0.25) is 0 Å². The van der Waals surface area contributed by atoms with Crippen LogP contribution in [-0.2, 0) is 5.88 Å². The quantitative estimate of drug-likeness (QED) is 0.737. The highest BCUT2D eigenvalue weighted by Crippen LogP contribution is 2.29. The van der Waals surface area contributed by atoms with E-state index in [-0.39, 0.29) is 5.75 Å². The molecule has 0 heterocycles. The maximum Gasteiger partial charge on any atom is 0.166 e. The van der Waals surface area contributed by atoms with Crippen LogP contribution in [0.3, 0.4) is 0 Å². The number of benzene rings is 2. The fraction of sp³-hybridized carbons (Fsp3) is 0.0714. The van der Waals surface area contributed by atoms with Gasteiger partial charge >= 0.3 is 0 Å². The van der Waals surface area contributed by atoms with Crippen molar-refractivity contribution in [3.05, 3.63) is 57.8 Å². The predicted octanol–water partition coefficient (Wildman–Crippen LogP) is 4.99. The van der Waals surface area contributed by atoms with Crippen molar-refractivity contribution in [2.75, 3.05) is 0 Å². The molecule has 0 saturated heterocycles. The minimum Gasteiger partial charge on any atom is -0.453 e. The monoisotopic (exact) mass is 339 g/mol. The molecule has 0 bridgehead atoms. The lowest BCUT2D eigenvalue weighted by Crippen LogP contribution is -1.92. The van der Waals surface area contributed by atoms with Crippen molar-refractivity contribution in [3.63, 3.8) is 0 Å². The zero-order chi connectivity index (χ0) is 13.8. The highest BCUT2D eigenvalue weighted by Gasteiger charge is 2.09. The van der Waals surface area contributed by atoms with Crippen LogP contribution in [-0.4, -0.2) is 0 Å². The van der Waals surface area contributed by atoms with Crippen molar-refractivity contribution in [2.45, 2.75) is 5.88 Å². The number of alkyl halides is 1. The number of hydrogen-bond donors (Lipinski definition) is 0. The Morgan fingerprint density at radius 2 is 1.95 bits per heavy atom. The Morgan fingerprint density at radius 3 is 2.58 bits per heavy atom. The van der Waals surface area contributed by atoms with Gasteiger partial charge in [0.1, 0.15) is 11.8 Å². The van der Waals surface area contributed by atoms with Gasteiger partial charge in [0.15, 0.2) is 11.6 Å². The molecule has 2 nitrogen and oxygen atoms in total. The third-order valence-electron chi connectivity index (χ3n) is 2.43. The zero-order valence-corrected chi connectivity index (χ0v) is 12.0. The lowest BCUT2D eigenvalue weighted by Gasteiger charge is -2.09. The molecule has 96 valence electrons. The third-order valence-corrected chi connectivity index (χ3v) is 3.23. The van der Waals surface area contributed by atoms with Crippen molar-refractivity contribution >= 4 is 27.5 Å². The van der Waals surface area contributed by atoms with E-state index < -0.39 is 5.82 Å². The Kier molecular flexibility index (Phi) is 4.41. The molecule has 0 aromatic heterocycles. The van der Waals surface area contributed by atoms with Crippen molar-refractivity contribution < 1.29 is 9.13 Å². The smallest absolute Gasteiger partial charge is 0.166 e. The van der Waals surface area contributed by atoms with Crippen LogP contribution in [0, 0.1) is 17.1 Å². The number of nitriles is 1. The Balaban J connectivity index is 2.35. The first kappa shape index (κ1) is 13.9. The molecule has 0 N–H and O–H groups in total. The minimum atomic E-state index is -0.500. The van der Waals surface area contributed by atoms with Crippen LogP contribution in [0.1, 0.15) is 11.1 Å². The lowest BCUT2D eigenvalue weighted by atomic mass is 10.1. The van der Waals surface area contributed by atoms with E-state index in [4.69, 9.17) is 21.6 Å². The molecule has 0 amide bonds. The molecule has 0 radical (unpaired) electrons. The van der Waals surface area contributed by atoms with Gasteiger partial charge in [0.2, 0.25) is 0 Å². The number of hydrogen-bond acceptors (Lipinski definition) is 2. The van der Waals surface area contributed by atoms with Crippen molar-refractivity contribution in [1.29, 1.82) is 5.26 Å². The number of rotatable bonds is 3. The zero-order valence-electron chi connectivity index (χ0n) is 9.66. The normalized spacial score (nSPS) is 10.0. The molecule has 2 aromatic rings. The van der Waals surface area contributed by atoms with Crippen LogP contribution in [0.25, 0.3) is 0 Å². The van der Waals surface area contributed by atoms with Gasteiger partial charge in [-0.25, -0.2) is 4.39 Å². The number of halogens is 3. The summed E-state index contributed by atoms with van der Waals surface area (Å²) in [6.07, 6.45) is 0. The first-order valence-electron chi connectivity index (χ1n) is 5.36. The average Bonchev–Trinajstić information content (AvgIpc) is 2.42. The highest BCUT2D eigenvalue weighted by molar-refractivity contribution is 9.10. The first-order valence-corrected chi connectivity index (χ1v) is 6.68. The molecule has 0 aliphatic carbocycles. The van der Waals surface area contributed by atoms with Gasteiger partial charge in [-0.05, 0) is 35.9 Å². The highest BCUT2D eigenvalue weighted by atomic mass is 79.9. The van der Waals surface area contributed by atoms with E-state index in [1.54, 1.807) is 24.3 Å².